The van der Waals surface area contributed by atoms with E-state index in [1.165, 1.54) is 12.1 Å². The van der Waals surface area contributed by atoms with Crippen LogP contribution in [0.25, 0.3) is 10.9 Å². The smallest absolute Gasteiger partial charge is 0.144 e. The summed E-state index contributed by atoms with van der Waals surface area (Å²) in [6, 6.07) is 8.27. The largest absolute Gasteiger partial charge is 0.390 e. The molecule has 180 valence electrons. The maximum absolute atomic E-state index is 14.7. The van der Waals surface area contributed by atoms with E-state index in [0.29, 0.717) is 47.4 Å². The summed E-state index contributed by atoms with van der Waals surface area (Å²) in [7, 11) is 1.58. The molecule has 1 fully saturated rings. The van der Waals surface area contributed by atoms with Crippen molar-refractivity contribution < 1.29 is 14.6 Å². The number of aliphatic imine (C=N–C) groups is 1. The van der Waals surface area contributed by atoms with Crippen LogP contribution in [0.1, 0.15) is 42.6 Å². The van der Waals surface area contributed by atoms with Crippen molar-refractivity contribution >= 4 is 40.9 Å². The van der Waals surface area contributed by atoms with Gasteiger partial charge in [0.1, 0.15) is 23.2 Å². The van der Waals surface area contributed by atoms with Gasteiger partial charge in [-0.05, 0) is 60.6 Å². The lowest BCUT2D eigenvalue weighted by molar-refractivity contribution is -0.0205. The van der Waals surface area contributed by atoms with Gasteiger partial charge in [0.05, 0.1) is 22.7 Å². The third kappa shape index (κ3) is 4.04. The van der Waals surface area contributed by atoms with E-state index in [9.17, 15) is 14.6 Å². The Hall–Kier alpha value is -3.01. The van der Waals surface area contributed by atoms with Crippen molar-refractivity contribution in [2.75, 3.05) is 12.8 Å². The van der Waals surface area contributed by atoms with Crippen LogP contribution in [-0.2, 0) is 6.42 Å². The van der Waals surface area contributed by atoms with Gasteiger partial charge in [0, 0.05) is 30.8 Å². The number of aliphatic hydroxyl groups is 2. The number of aromatic nitrogens is 2. The Bertz CT molecular complexity index is 1290. The Morgan fingerprint density at radius 1 is 1.35 bits per heavy atom. The molecular weight excluding hydrogens is 459 g/mol. The minimum absolute atomic E-state index is 0.141. The molecule has 0 spiro atoms. The summed E-state index contributed by atoms with van der Waals surface area (Å²) in [5, 5.41) is 26.4. The van der Waals surface area contributed by atoms with E-state index in [2.05, 4.69) is 21.8 Å². The molecule has 6 N–H and O–H groups in total. The molecule has 1 aromatic carbocycles. The van der Waals surface area contributed by atoms with Crippen LogP contribution in [0.4, 0.5) is 10.2 Å². The van der Waals surface area contributed by atoms with Crippen LogP contribution in [0.5, 0.6) is 0 Å². The maximum Gasteiger partial charge on any atom is 0.144 e. The molecular formula is C24H28ClFN6O2. The second-order valence-electron chi connectivity index (χ2n) is 9.11. The number of pyridine rings is 1. The van der Waals surface area contributed by atoms with Gasteiger partial charge in [0.25, 0.3) is 0 Å². The highest BCUT2D eigenvalue weighted by Gasteiger charge is 2.50. The number of anilines is 1. The highest BCUT2D eigenvalue weighted by Crippen LogP contribution is 2.49. The summed E-state index contributed by atoms with van der Waals surface area (Å²) in [4.78, 5) is 8.19. The monoisotopic (exact) mass is 486 g/mol. The molecule has 34 heavy (non-hydrogen) atoms. The van der Waals surface area contributed by atoms with E-state index >= 15 is 0 Å². The van der Waals surface area contributed by atoms with E-state index in [4.69, 9.17) is 23.1 Å². The van der Waals surface area contributed by atoms with E-state index in [-0.39, 0.29) is 16.8 Å². The average Bonchev–Trinajstić information content (AvgIpc) is 3.33. The zero-order valence-electron chi connectivity index (χ0n) is 19.0. The fourth-order valence-corrected chi connectivity index (χ4v) is 5.10. The van der Waals surface area contributed by atoms with Crippen LogP contribution in [0.2, 0.25) is 5.02 Å². The number of hydrogen-bond acceptors (Lipinski definition) is 6. The average molecular weight is 487 g/mol. The number of halogens is 2. The first-order valence-electron chi connectivity index (χ1n) is 10.9. The molecule has 0 amide bonds. The van der Waals surface area contributed by atoms with Crippen molar-refractivity contribution in [2.24, 2.45) is 21.2 Å². The predicted molar refractivity (Wildman–Crippen MR) is 133 cm³/mol. The standard InChI is InChI=1S/C24H28ClFN6O2/c1-24(7-6-12-8-16(26)13-10-15(25)22(27)31-17(13)9-12)11-14(20(33)21(24)34)18-4-5-19(23(28)29-2)32(18)30-3/h4-5,8-10,14,20-21,33-34H,3,6-7,11H2,1-2H3,(H2,27,31)(H2,28,29)/t14-,20-,21-,24-/m0/s1. The fourth-order valence-electron chi connectivity index (χ4n) is 4.95. The van der Waals surface area contributed by atoms with Gasteiger partial charge in [-0.1, -0.05) is 18.5 Å². The van der Waals surface area contributed by atoms with Crippen molar-refractivity contribution in [3.05, 3.63) is 58.1 Å². The van der Waals surface area contributed by atoms with Crippen molar-refractivity contribution in [3.8, 4) is 0 Å². The van der Waals surface area contributed by atoms with Crippen molar-refractivity contribution in [1.29, 1.82) is 0 Å². The normalized spacial score (nSPS) is 25.2. The summed E-state index contributed by atoms with van der Waals surface area (Å²) in [5.74, 6) is -0.388. The van der Waals surface area contributed by atoms with Gasteiger partial charge in [-0.2, -0.15) is 5.10 Å². The van der Waals surface area contributed by atoms with E-state index in [1.807, 2.05) is 13.0 Å². The number of rotatable bonds is 6. The lowest BCUT2D eigenvalue weighted by Gasteiger charge is -2.28. The molecule has 0 aliphatic heterocycles. The van der Waals surface area contributed by atoms with Crippen LogP contribution >= 0.6 is 11.6 Å². The summed E-state index contributed by atoms with van der Waals surface area (Å²) in [6.45, 7) is 5.54. The quantitative estimate of drug-likeness (QED) is 0.313. The number of nitrogen functional groups attached to an aromatic ring is 1. The second kappa shape index (κ2) is 8.98. The van der Waals surface area contributed by atoms with Crippen molar-refractivity contribution in [1.82, 2.24) is 9.66 Å². The molecule has 0 unspecified atom stereocenters. The fraction of sp³-hybridized carbons (Fsp3) is 0.375. The summed E-state index contributed by atoms with van der Waals surface area (Å²) in [5.41, 5.74) is 13.5. The molecule has 0 radical (unpaired) electrons. The van der Waals surface area contributed by atoms with E-state index in [1.54, 1.807) is 23.9 Å². The molecule has 1 aliphatic carbocycles. The molecule has 1 aliphatic rings. The zero-order valence-corrected chi connectivity index (χ0v) is 19.8. The van der Waals surface area contributed by atoms with Crippen LogP contribution in [0.15, 0.2) is 40.4 Å². The van der Waals surface area contributed by atoms with Gasteiger partial charge in [-0.15, -0.1) is 0 Å². The van der Waals surface area contributed by atoms with Gasteiger partial charge < -0.3 is 21.7 Å². The topological polar surface area (TPSA) is 135 Å². The highest BCUT2D eigenvalue weighted by atomic mass is 35.5. The molecule has 8 nitrogen and oxygen atoms in total. The lowest BCUT2D eigenvalue weighted by Crippen LogP contribution is -2.34. The van der Waals surface area contributed by atoms with Crippen molar-refractivity contribution in [2.45, 2.75) is 44.3 Å². The second-order valence-corrected chi connectivity index (χ2v) is 9.51. The summed E-state index contributed by atoms with van der Waals surface area (Å²) < 4.78 is 16.2. The Labute approximate surface area is 201 Å². The number of aliphatic hydroxyl groups excluding tert-OH is 2. The van der Waals surface area contributed by atoms with Gasteiger partial charge in [-0.3, -0.25) is 4.99 Å². The number of fused-ring (bicyclic) bond motifs is 1. The first-order valence-corrected chi connectivity index (χ1v) is 11.3. The van der Waals surface area contributed by atoms with E-state index in [0.717, 1.165) is 5.56 Å². The Balaban J connectivity index is 1.59. The minimum atomic E-state index is -1.01. The van der Waals surface area contributed by atoms with E-state index < -0.39 is 23.4 Å². The Morgan fingerprint density at radius 2 is 2.09 bits per heavy atom. The maximum atomic E-state index is 14.7. The first-order chi connectivity index (χ1) is 16.1. The third-order valence-corrected chi connectivity index (χ3v) is 7.26. The SMILES string of the molecule is C=Nn1c(/C(N)=N\C)ccc1[C@@H]1C[C@](C)(CCc2cc(F)c3cc(Cl)c(N)nc3c2)[C@@H](O)[C@H]1O. The molecule has 4 rings (SSSR count). The molecule has 0 saturated heterocycles. The molecule has 10 heteroatoms. The number of nitrogens with zero attached hydrogens (tertiary/aromatic N) is 4. The minimum Gasteiger partial charge on any atom is -0.390 e. The number of nitrogens with two attached hydrogens (primary N) is 2. The highest BCUT2D eigenvalue weighted by molar-refractivity contribution is 6.33. The van der Waals surface area contributed by atoms with Crippen LogP contribution in [0.3, 0.4) is 0 Å². The molecule has 4 atom stereocenters. The van der Waals surface area contributed by atoms with Crippen LogP contribution < -0.4 is 11.5 Å². The Morgan fingerprint density at radius 3 is 2.76 bits per heavy atom. The lowest BCUT2D eigenvalue weighted by atomic mass is 9.80. The van der Waals surface area contributed by atoms with Crippen molar-refractivity contribution in [3.63, 3.8) is 0 Å². The third-order valence-electron chi connectivity index (χ3n) is 6.95. The van der Waals surface area contributed by atoms with Crippen LogP contribution in [-0.4, -0.2) is 51.7 Å². The predicted octanol–water partition coefficient (Wildman–Crippen LogP) is 3.06. The molecule has 0 bridgehead atoms. The molecule has 3 aromatic rings. The van der Waals surface area contributed by atoms with Gasteiger partial charge in [-0.25, -0.2) is 14.1 Å². The van der Waals surface area contributed by atoms with Crippen LogP contribution in [0, 0.1) is 11.2 Å². The van der Waals surface area contributed by atoms with Gasteiger partial charge >= 0.3 is 0 Å². The summed E-state index contributed by atoms with van der Waals surface area (Å²) >= 11 is 5.98. The number of amidine groups is 1. The molecule has 2 aromatic heterocycles. The molecule has 2 heterocycles. The first kappa shape index (κ1) is 24.1. The van der Waals surface area contributed by atoms with Gasteiger partial charge in [0.2, 0.25) is 0 Å². The zero-order chi connectivity index (χ0) is 24.8. The molecule has 1 saturated carbocycles. The Kier molecular flexibility index (Phi) is 6.37. The number of benzene rings is 1. The number of aryl methyl sites for hydroxylation is 1. The summed E-state index contributed by atoms with van der Waals surface area (Å²) in [6.07, 6.45) is -0.502. The number of hydrogen-bond donors (Lipinski definition) is 4. The van der Waals surface area contributed by atoms with Gasteiger partial charge in [0.15, 0.2) is 0 Å².